The number of carbonyl (C=O) groups is 1. The van der Waals surface area contributed by atoms with E-state index in [9.17, 15) is 13.6 Å². The van der Waals surface area contributed by atoms with Gasteiger partial charge < -0.3 is 11.5 Å². The van der Waals surface area contributed by atoms with E-state index in [2.05, 4.69) is 0 Å². The van der Waals surface area contributed by atoms with Crippen LogP contribution in [0.3, 0.4) is 0 Å². The fourth-order valence-corrected chi connectivity index (χ4v) is 1.40. The first-order chi connectivity index (χ1) is 7.41. The number of hydrogen-bond acceptors (Lipinski definition) is 2. The maximum absolute atomic E-state index is 13.4. The highest BCUT2D eigenvalue weighted by Crippen LogP contribution is 2.22. The van der Waals surface area contributed by atoms with E-state index in [-0.39, 0.29) is 24.0 Å². The van der Waals surface area contributed by atoms with Gasteiger partial charge in [0.1, 0.15) is 11.6 Å². The molecule has 1 unspecified atom stereocenters. The number of nitrogens with two attached hydrogens (primary N) is 2. The summed E-state index contributed by atoms with van der Waals surface area (Å²) in [7, 11) is 0. The third-order valence-electron chi connectivity index (χ3n) is 2.38. The van der Waals surface area contributed by atoms with Crippen LogP contribution in [-0.2, 0) is 4.79 Å². The van der Waals surface area contributed by atoms with Crippen molar-refractivity contribution in [3.63, 3.8) is 0 Å². The molecule has 0 bridgehead atoms. The summed E-state index contributed by atoms with van der Waals surface area (Å²) in [6.07, 6.45) is 0.255. The second-order valence-electron chi connectivity index (χ2n) is 3.73. The molecule has 1 rings (SSSR count). The van der Waals surface area contributed by atoms with Crippen molar-refractivity contribution in [2.45, 2.75) is 25.8 Å². The van der Waals surface area contributed by atoms with Crippen molar-refractivity contribution in [1.29, 1.82) is 0 Å². The zero-order valence-electron chi connectivity index (χ0n) is 8.97. The molecule has 0 spiro atoms. The average molecular weight is 228 g/mol. The Balaban J connectivity index is 2.86. The van der Waals surface area contributed by atoms with Gasteiger partial charge in [0.25, 0.3) is 0 Å². The van der Waals surface area contributed by atoms with Gasteiger partial charge in [0.15, 0.2) is 0 Å². The Labute approximate surface area is 92.4 Å². The molecule has 0 fully saturated rings. The number of rotatable bonds is 4. The normalized spacial score (nSPS) is 12.5. The predicted octanol–water partition coefficient (Wildman–Crippen LogP) is 1.54. The van der Waals surface area contributed by atoms with Gasteiger partial charge in [-0.3, -0.25) is 4.79 Å². The van der Waals surface area contributed by atoms with Crippen LogP contribution in [0.1, 0.15) is 30.0 Å². The van der Waals surface area contributed by atoms with E-state index in [0.29, 0.717) is 0 Å². The summed E-state index contributed by atoms with van der Waals surface area (Å²) in [4.78, 5) is 10.5. The third-order valence-corrected chi connectivity index (χ3v) is 2.38. The molecule has 1 aromatic carbocycles. The number of hydrogen-bond donors (Lipinski definition) is 2. The standard InChI is InChI=1S/C11H14F2N2O/c1-6-4-9(13)7(5-8(6)12)10(14)2-3-11(15)16/h4-5,10H,2-3,14H2,1H3,(H2,15,16). The van der Waals surface area contributed by atoms with Crippen LogP contribution < -0.4 is 11.5 Å². The van der Waals surface area contributed by atoms with Crippen molar-refractivity contribution in [1.82, 2.24) is 0 Å². The van der Waals surface area contributed by atoms with Crippen LogP contribution in [0.5, 0.6) is 0 Å². The van der Waals surface area contributed by atoms with Gasteiger partial charge in [-0.25, -0.2) is 8.78 Å². The van der Waals surface area contributed by atoms with Gasteiger partial charge in [-0.1, -0.05) is 0 Å². The van der Waals surface area contributed by atoms with Gasteiger partial charge in [-0.2, -0.15) is 0 Å². The second kappa shape index (κ2) is 5.03. The highest BCUT2D eigenvalue weighted by molar-refractivity contribution is 5.73. The zero-order chi connectivity index (χ0) is 12.3. The van der Waals surface area contributed by atoms with Gasteiger partial charge in [-0.15, -0.1) is 0 Å². The largest absolute Gasteiger partial charge is 0.370 e. The van der Waals surface area contributed by atoms with Crippen molar-refractivity contribution in [2.75, 3.05) is 0 Å². The van der Waals surface area contributed by atoms with Gasteiger partial charge in [0.05, 0.1) is 0 Å². The Morgan fingerprint density at radius 3 is 2.56 bits per heavy atom. The maximum atomic E-state index is 13.4. The van der Waals surface area contributed by atoms with E-state index in [1.165, 1.54) is 6.92 Å². The number of primary amides is 1. The first-order valence-electron chi connectivity index (χ1n) is 4.91. The quantitative estimate of drug-likeness (QED) is 0.820. The van der Waals surface area contributed by atoms with E-state index in [1.807, 2.05) is 0 Å². The maximum Gasteiger partial charge on any atom is 0.217 e. The van der Waals surface area contributed by atoms with Crippen molar-refractivity contribution in [3.05, 3.63) is 34.9 Å². The molecular formula is C11H14F2N2O. The lowest BCUT2D eigenvalue weighted by molar-refractivity contribution is -0.118. The lowest BCUT2D eigenvalue weighted by Crippen LogP contribution is -2.17. The summed E-state index contributed by atoms with van der Waals surface area (Å²) < 4.78 is 26.6. The molecule has 0 heterocycles. The molecule has 0 saturated heterocycles. The molecule has 0 saturated carbocycles. The second-order valence-corrected chi connectivity index (χ2v) is 3.73. The van der Waals surface area contributed by atoms with Crippen LogP contribution in [0, 0.1) is 18.6 Å². The summed E-state index contributed by atoms with van der Waals surface area (Å²) in [5, 5.41) is 0. The topological polar surface area (TPSA) is 69.1 Å². The van der Waals surface area contributed by atoms with Crippen LogP contribution in [0.25, 0.3) is 0 Å². The minimum atomic E-state index is -0.720. The van der Waals surface area contributed by atoms with Crippen LogP contribution in [0.15, 0.2) is 12.1 Å². The predicted molar refractivity (Wildman–Crippen MR) is 56.5 cm³/mol. The molecule has 88 valence electrons. The molecule has 5 heteroatoms. The Kier molecular flexibility index (Phi) is 3.95. The summed E-state index contributed by atoms with van der Waals surface area (Å²) in [5.74, 6) is -1.58. The number of carbonyl (C=O) groups excluding carboxylic acids is 1. The Morgan fingerprint density at radius 1 is 1.38 bits per heavy atom. The lowest BCUT2D eigenvalue weighted by atomic mass is 10.0. The van der Waals surface area contributed by atoms with Crippen LogP contribution in [0.4, 0.5) is 8.78 Å². The van der Waals surface area contributed by atoms with Crippen LogP contribution in [-0.4, -0.2) is 5.91 Å². The molecule has 0 aliphatic heterocycles. The fourth-order valence-electron chi connectivity index (χ4n) is 1.40. The van der Waals surface area contributed by atoms with Crippen molar-refractivity contribution in [3.8, 4) is 0 Å². The van der Waals surface area contributed by atoms with E-state index >= 15 is 0 Å². The van der Waals surface area contributed by atoms with E-state index in [4.69, 9.17) is 11.5 Å². The van der Waals surface area contributed by atoms with Gasteiger partial charge in [0.2, 0.25) is 5.91 Å². The molecule has 4 N–H and O–H groups in total. The number of benzene rings is 1. The summed E-state index contributed by atoms with van der Waals surface area (Å²) in [5.41, 5.74) is 10.9. The first-order valence-corrected chi connectivity index (χ1v) is 4.91. The third kappa shape index (κ3) is 3.00. The average Bonchev–Trinajstić information content (AvgIpc) is 2.20. The molecule has 1 amide bonds. The summed E-state index contributed by atoms with van der Waals surface area (Å²) >= 11 is 0. The monoisotopic (exact) mass is 228 g/mol. The Bertz CT molecular complexity index is 407. The number of amides is 1. The molecule has 0 radical (unpaired) electrons. The van der Waals surface area contributed by atoms with Crippen molar-refractivity contribution >= 4 is 5.91 Å². The van der Waals surface area contributed by atoms with Crippen molar-refractivity contribution in [2.24, 2.45) is 11.5 Å². The van der Waals surface area contributed by atoms with E-state index < -0.39 is 23.6 Å². The number of halogens is 2. The van der Waals surface area contributed by atoms with Gasteiger partial charge in [0, 0.05) is 18.0 Å². The Hall–Kier alpha value is -1.49. The molecule has 0 aliphatic rings. The molecule has 0 aromatic heterocycles. The molecule has 1 aromatic rings. The van der Waals surface area contributed by atoms with Crippen LogP contribution in [0.2, 0.25) is 0 Å². The zero-order valence-corrected chi connectivity index (χ0v) is 8.97. The Morgan fingerprint density at radius 2 is 2.00 bits per heavy atom. The fraction of sp³-hybridized carbons (Fsp3) is 0.364. The molecule has 3 nitrogen and oxygen atoms in total. The first kappa shape index (κ1) is 12.6. The minimum absolute atomic E-state index is 0.0517. The summed E-state index contributed by atoms with van der Waals surface area (Å²) in [6.45, 7) is 1.47. The summed E-state index contributed by atoms with van der Waals surface area (Å²) in [6, 6.07) is 1.44. The molecule has 1 atom stereocenters. The van der Waals surface area contributed by atoms with Crippen molar-refractivity contribution < 1.29 is 13.6 Å². The molecule has 16 heavy (non-hydrogen) atoms. The molecule has 0 aliphatic carbocycles. The van der Waals surface area contributed by atoms with Gasteiger partial charge >= 0.3 is 0 Å². The smallest absolute Gasteiger partial charge is 0.217 e. The minimum Gasteiger partial charge on any atom is -0.370 e. The van der Waals surface area contributed by atoms with Gasteiger partial charge in [-0.05, 0) is 31.0 Å². The van der Waals surface area contributed by atoms with E-state index in [1.54, 1.807) is 0 Å². The highest BCUT2D eigenvalue weighted by Gasteiger charge is 2.14. The molecular weight excluding hydrogens is 214 g/mol. The number of aryl methyl sites for hydroxylation is 1. The highest BCUT2D eigenvalue weighted by atomic mass is 19.1. The van der Waals surface area contributed by atoms with E-state index in [0.717, 1.165) is 12.1 Å². The lowest BCUT2D eigenvalue weighted by Gasteiger charge is -2.12. The van der Waals surface area contributed by atoms with Crippen LogP contribution >= 0.6 is 0 Å². The SMILES string of the molecule is Cc1cc(F)c(C(N)CCC(N)=O)cc1F.